The van der Waals surface area contributed by atoms with Crippen LogP contribution in [-0.4, -0.2) is 60.0 Å². The van der Waals surface area contributed by atoms with Crippen LogP contribution in [0, 0.1) is 0 Å². The molecular weight excluding hydrogens is 202 g/mol. The second-order valence-electron chi connectivity index (χ2n) is 0.744. The van der Waals surface area contributed by atoms with Crippen molar-refractivity contribution in [2.45, 2.75) is 6.92 Å². The molecule has 0 N–H and O–H groups in total. The molecule has 0 unspecified atom stereocenters. The van der Waals surface area contributed by atoms with Gasteiger partial charge in [0.1, 0.15) is 0 Å². The van der Waals surface area contributed by atoms with Crippen molar-refractivity contribution >= 4 is 53.4 Å². The van der Waals surface area contributed by atoms with Gasteiger partial charge in [-0.2, -0.15) is 0 Å². The van der Waals surface area contributed by atoms with Gasteiger partial charge in [-0.3, -0.25) is 0 Å². The summed E-state index contributed by atoms with van der Waals surface area (Å²) in [6.07, 6.45) is 0. The molecule has 0 saturated carbocycles. The predicted molar refractivity (Wildman–Crippen MR) is 28.9 cm³/mol. The summed E-state index contributed by atoms with van der Waals surface area (Å²) >= 11 is 0. The summed E-state index contributed by atoms with van der Waals surface area (Å²) in [5.74, 6) is 0. The first-order valence-corrected chi connectivity index (χ1v) is 1.70. The number of hydrogen-bond acceptors (Lipinski definition) is 3. The third-order valence-corrected chi connectivity index (χ3v) is 0.303. The van der Waals surface area contributed by atoms with E-state index in [9.17, 15) is 10.0 Å². The molecule has 3 nitrogen and oxygen atoms in total. The first-order valence-electron chi connectivity index (χ1n) is 1.70. The zero-order chi connectivity index (χ0) is 4.99. The second-order valence-corrected chi connectivity index (χ2v) is 0.744. The van der Waals surface area contributed by atoms with Gasteiger partial charge >= 0.3 is 46.1 Å². The molecule has 0 aromatic carbocycles. The molecule has 0 aromatic heterocycles. The number of halogens is 2. The molecule has 0 amide bonds. The van der Waals surface area contributed by atoms with Gasteiger partial charge in [-0.05, 0) is 6.92 Å². The summed E-state index contributed by atoms with van der Waals surface area (Å²) in [6, 6.07) is 0. The van der Waals surface area contributed by atoms with Crippen LogP contribution in [0.5, 0.6) is 0 Å². The van der Waals surface area contributed by atoms with Crippen LogP contribution in [0.15, 0.2) is 0 Å². The van der Waals surface area contributed by atoms with E-state index < -0.39 is 7.32 Å². The summed E-state index contributed by atoms with van der Waals surface area (Å²) in [5.41, 5.74) is 0. The molecule has 0 bridgehead atoms. The minimum absolute atomic E-state index is 0. The van der Waals surface area contributed by atoms with E-state index in [1.54, 1.807) is 6.92 Å². The average molecular weight is 207 g/mol. The molecular formula is C2H5BCl2Mg2O3. The van der Waals surface area contributed by atoms with Crippen LogP contribution in [-0.2, 0) is 4.65 Å². The van der Waals surface area contributed by atoms with Gasteiger partial charge in [0.2, 0.25) is 0 Å². The Hall–Kier alpha value is 2.06. The first kappa shape index (κ1) is 29.6. The van der Waals surface area contributed by atoms with Crippen molar-refractivity contribution in [3.8, 4) is 0 Å². The predicted octanol–water partition coefficient (Wildman–Crippen LogP) is -9.03. The minimum atomic E-state index is -2.10. The van der Waals surface area contributed by atoms with Crippen molar-refractivity contribution < 1.29 is 39.5 Å². The topological polar surface area (TPSA) is 55.3 Å². The summed E-state index contributed by atoms with van der Waals surface area (Å²) in [7, 11) is -2.10. The van der Waals surface area contributed by atoms with Gasteiger partial charge in [0, 0.05) is 6.61 Å². The van der Waals surface area contributed by atoms with Gasteiger partial charge < -0.3 is 39.5 Å². The van der Waals surface area contributed by atoms with Crippen molar-refractivity contribution in [1.82, 2.24) is 0 Å². The standard InChI is InChI=1S/C2H5BO3.2ClH.2Mg/c1-2-6-3(4)5;;;;/h2H2,1H3;2*1H;;/q-2;;;2*+2/p-2. The Kier molecular flexibility index (Phi) is 66.5. The Morgan fingerprint density at radius 2 is 1.50 bits per heavy atom. The normalized spacial score (nSPS) is 5.10. The molecule has 0 aliphatic rings. The molecule has 8 heteroatoms. The maximum Gasteiger partial charge on any atom is 2.00 e. The van der Waals surface area contributed by atoms with Gasteiger partial charge in [-0.25, -0.2) is 0 Å². The molecule has 0 heterocycles. The van der Waals surface area contributed by atoms with Crippen LogP contribution >= 0.6 is 0 Å². The monoisotopic (exact) mass is 206 g/mol. The molecule has 0 atom stereocenters. The van der Waals surface area contributed by atoms with Crippen molar-refractivity contribution in [1.29, 1.82) is 0 Å². The largest absolute Gasteiger partial charge is 2.00 e. The SMILES string of the molecule is CCOB([O-])[O-].[Cl-].[Cl-].[Mg+2].[Mg+2]. The van der Waals surface area contributed by atoms with Gasteiger partial charge in [0.15, 0.2) is 0 Å². The fraction of sp³-hybridized carbons (Fsp3) is 1.00. The fourth-order valence-corrected chi connectivity index (χ4v) is 0.136. The molecule has 0 rings (SSSR count). The molecule has 10 heavy (non-hydrogen) atoms. The molecule has 0 fully saturated rings. The Bertz CT molecular complexity index is 43.7. The van der Waals surface area contributed by atoms with Gasteiger partial charge in [0.25, 0.3) is 0 Å². The van der Waals surface area contributed by atoms with Gasteiger partial charge in [-0.15, -0.1) is 0 Å². The van der Waals surface area contributed by atoms with E-state index in [1.165, 1.54) is 0 Å². The number of hydrogen-bond donors (Lipinski definition) is 0. The third kappa shape index (κ3) is 32.3. The molecule has 52 valence electrons. The Labute approximate surface area is 106 Å². The van der Waals surface area contributed by atoms with Crippen molar-refractivity contribution in [2.75, 3.05) is 6.61 Å². The second kappa shape index (κ2) is 22.5. The van der Waals surface area contributed by atoms with Crippen LogP contribution < -0.4 is 34.9 Å². The zero-order valence-electron chi connectivity index (χ0n) is 5.68. The Morgan fingerprint density at radius 3 is 1.50 bits per heavy atom. The molecule has 0 aromatic rings. The number of rotatable bonds is 2. The van der Waals surface area contributed by atoms with E-state index in [2.05, 4.69) is 4.65 Å². The average Bonchev–Trinajstić information content (AvgIpc) is 1.35. The van der Waals surface area contributed by atoms with E-state index >= 15 is 0 Å². The smallest absolute Gasteiger partial charge is 1.00 e. The maximum atomic E-state index is 9.35. The summed E-state index contributed by atoms with van der Waals surface area (Å²) in [4.78, 5) is 0. The Balaban J connectivity index is -0.0000000208. The molecule has 0 spiro atoms. The van der Waals surface area contributed by atoms with Gasteiger partial charge in [-0.1, -0.05) is 0 Å². The summed E-state index contributed by atoms with van der Waals surface area (Å²) in [5, 5.41) is 18.7. The van der Waals surface area contributed by atoms with E-state index in [1.807, 2.05) is 0 Å². The van der Waals surface area contributed by atoms with E-state index in [0.717, 1.165) is 0 Å². The van der Waals surface area contributed by atoms with Crippen LogP contribution in [0.25, 0.3) is 0 Å². The van der Waals surface area contributed by atoms with Crippen LogP contribution in [0.3, 0.4) is 0 Å². The van der Waals surface area contributed by atoms with E-state index in [0.29, 0.717) is 0 Å². The van der Waals surface area contributed by atoms with Crippen molar-refractivity contribution in [3.63, 3.8) is 0 Å². The zero-order valence-corrected chi connectivity index (χ0v) is 10.0. The molecule has 0 saturated heterocycles. The summed E-state index contributed by atoms with van der Waals surface area (Å²) in [6.45, 7) is 1.81. The quantitative estimate of drug-likeness (QED) is 0.423. The van der Waals surface area contributed by atoms with E-state index in [4.69, 9.17) is 0 Å². The van der Waals surface area contributed by atoms with Crippen LogP contribution in [0.1, 0.15) is 6.92 Å². The molecule has 0 radical (unpaired) electrons. The van der Waals surface area contributed by atoms with Gasteiger partial charge in [0.05, 0.1) is 7.32 Å². The van der Waals surface area contributed by atoms with Crippen LogP contribution in [0.4, 0.5) is 0 Å². The maximum absolute atomic E-state index is 9.35. The minimum Gasteiger partial charge on any atom is -1.00 e. The summed E-state index contributed by atoms with van der Waals surface area (Å²) < 4.78 is 3.93. The van der Waals surface area contributed by atoms with Crippen LogP contribution in [0.2, 0.25) is 0 Å². The molecule has 0 aliphatic heterocycles. The van der Waals surface area contributed by atoms with E-state index in [-0.39, 0.29) is 77.5 Å². The van der Waals surface area contributed by atoms with Crippen molar-refractivity contribution in [2.24, 2.45) is 0 Å². The van der Waals surface area contributed by atoms with Crippen molar-refractivity contribution in [3.05, 3.63) is 0 Å². The fourth-order valence-electron chi connectivity index (χ4n) is 0.136. The third-order valence-electron chi connectivity index (χ3n) is 0.303. The first-order chi connectivity index (χ1) is 2.77. The molecule has 0 aliphatic carbocycles. The Morgan fingerprint density at radius 1 is 1.20 bits per heavy atom.